The van der Waals surface area contributed by atoms with Gasteiger partial charge in [0.1, 0.15) is 11.3 Å². The van der Waals surface area contributed by atoms with Crippen molar-refractivity contribution < 1.29 is 15.0 Å². The third kappa shape index (κ3) is 3.30. The maximum atomic E-state index is 12.3. The van der Waals surface area contributed by atoms with Gasteiger partial charge in [0.25, 0.3) is 11.5 Å². The van der Waals surface area contributed by atoms with E-state index in [-0.39, 0.29) is 29.0 Å². The second kappa shape index (κ2) is 7.04. The van der Waals surface area contributed by atoms with E-state index >= 15 is 0 Å². The molecule has 1 aromatic heterocycles. The lowest BCUT2D eigenvalue weighted by molar-refractivity contribution is 0.0952. The van der Waals surface area contributed by atoms with Crippen LogP contribution in [0.4, 0.5) is 0 Å². The zero-order valence-electron chi connectivity index (χ0n) is 14.0. The van der Waals surface area contributed by atoms with Gasteiger partial charge in [0.05, 0.1) is 11.3 Å². The second-order valence-electron chi connectivity index (χ2n) is 5.27. The van der Waals surface area contributed by atoms with Gasteiger partial charge >= 0.3 is 5.69 Å². The minimum absolute atomic E-state index is 0.0132. The molecule has 0 spiro atoms. The van der Waals surface area contributed by atoms with E-state index in [4.69, 9.17) is 0 Å². The van der Waals surface area contributed by atoms with Crippen molar-refractivity contribution >= 4 is 11.6 Å². The maximum absolute atomic E-state index is 12.3. The topological polar surface area (TPSA) is 126 Å². The first-order chi connectivity index (χ1) is 11.8. The number of para-hydroxylation sites is 1. The zero-order valence-corrected chi connectivity index (χ0v) is 14.0. The number of carbonyl (C=O) groups is 1. The number of hydrogen-bond donors (Lipinski definition) is 3. The number of aromatic hydroxyl groups is 2. The summed E-state index contributed by atoms with van der Waals surface area (Å²) < 4.78 is 1.75. The van der Waals surface area contributed by atoms with Crippen LogP contribution in [0.3, 0.4) is 0 Å². The van der Waals surface area contributed by atoms with Crippen molar-refractivity contribution in [1.82, 2.24) is 14.6 Å². The summed E-state index contributed by atoms with van der Waals surface area (Å²) in [5.41, 5.74) is 0.767. The molecular formula is C16H18N4O5. The van der Waals surface area contributed by atoms with Crippen molar-refractivity contribution in [3.8, 4) is 11.6 Å². The van der Waals surface area contributed by atoms with E-state index in [1.54, 1.807) is 19.1 Å². The standard InChI is InChI=1S/C16H18N4O5/c1-4-10(12-14(23)19(2)16(25)20(3)15(12)24)17-18-13(22)9-7-5-6-8-11(9)21/h5-8,21,23H,4H2,1-3H3,(H,18,22)/b17-10-. The molecule has 1 aromatic carbocycles. The Morgan fingerprint density at radius 3 is 2.40 bits per heavy atom. The Hall–Kier alpha value is -3.36. The number of amides is 1. The van der Waals surface area contributed by atoms with E-state index in [0.717, 1.165) is 9.13 Å². The lowest BCUT2D eigenvalue weighted by Crippen LogP contribution is -2.40. The molecule has 0 aliphatic carbocycles. The molecule has 0 fully saturated rings. The minimum Gasteiger partial charge on any atom is -0.507 e. The summed E-state index contributed by atoms with van der Waals surface area (Å²) >= 11 is 0. The van der Waals surface area contributed by atoms with Crippen molar-refractivity contribution in [2.75, 3.05) is 0 Å². The van der Waals surface area contributed by atoms with Crippen LogP contribution in [-0.4, -0.2) is 31.0 Å². The van der Waals surface area contributed by atoms with E-state index in [1.165, 1.54) is 26.2 Å². The minimum atomic E-state index is -0.724. The molecule has 2 aromatic rings. The molecule has 9 heteroatoms. The van der Waals surface area contributed by atoms with Gasteiger partial charge in [0.2, 0.25) is 5.88 Å². The fourth-order valence-corrected chi connectivity index (χ4v) is 2.24. The van der Waals surface area contributed by atoms with Gasteiger partial charge in [-0.05, 0) is 18.6 Å². The monoisotopic (exact) mass is 346 g/mol. The summed E-state index contributed by atoms with van der Waals surface area (Å²) in [7, 11) is 2.59. The SMILES string of the molecule is CC/C(=N/NC(=O)c1ccccc1O)c1c(O)n(C)c(=O)n(C)c1=O. The van der Waals surface area contributed by atoms with Gasteiger partial charge in [0.15, 0.2) is 0 Å². The Kier molecular flexibility index (Phi) is 5.06. The first-order valence-electron chi connectivity index (χ1n) is 7.43. The predicted molar refractivity (Wildman–Crippen MR) is 91.0 cm³/mol. The Labute approximate surface area is 142 Å². The number of nitrogens with one attached hydrogen (secondary N) is 1. The summed E-state index contributed by atoms with van der Waals surface area (Å²) in [4.78, 5) is 36.2. The molecule has 25 heavy (non-hydrogen) atoms. The maximum Gasteiger partial charge on any atom is 0.333 e. The summed E-state index contributed by atoms with van der Waals surface area (Å²) in [6, 6.07) is 5.91. The molecule has 1 heterocycles. The Balaban J connectivity index is 2.46. The van der Waals surface area contributed by atoms with Crippen LogP contribution in [0.2, 0.25) is 0 Å². The predicted octanol–water partition coefficient (Wildman–Crippen LogP) is 0.0393. The van der Waals surface area contributed by atoms with Gasteiger partial charge in [-0.1, -0.05) is 19.1 Å². The summed E-state index contributed by atoms with van der Waals surface area (Å²) in [5.74, 6) is -1.43. The molecule has 2 rings (SSSR count). The van der Waals surface area contributed by atoms with Crippen molar-refractivity contribution in [2.45, 2.75) is 13.3 Å². The lowest BCUT2D eigenvalue weighted by atomic mass is 10.1. The van der Waals surface area contributed by atoms with Crippen molar-refractivity contribution in [3.63, 3.8) is 0 Å². The number of nitrogens with zero attached hydrogens (tertiary/aromatic N) is 3. The molecule has 0 atom stereocenters. The van der Waals surface area contributed by atoms with E-state index in [1.807, 2.05) is 0 Å². The first-order valence-corrected chi connectivity index (χ1v) is 7.43. The van der Waals surface area contributed by atoms with Crippen LogP contribution in [0.15, 0.2) is 39.0 Å². The second-order valence-corrected chi connectivity index (χ2v) is 5.27. The van der Waals surface area contributed by atoms with Gasteiger partial charge in [-0.3, -0.25) is 18.7 Å². The average Bonchev–Trinajstić information content (AvgIpc) is 2.61. The number of hydrazone groups is 1. The Morgan fingerprint density at radius 2 is 1.80 bits per heavy atom. The highest BCUT2D eigenvalue weighted by Crippen LogP contribution is 2.15. The highest BCUT2D eigenvalue weighted by Gasteiger charge is 2.19. The number of rotatable bonds is 4. The molecule has 9 nitrogen and oxygen atoms in total. The Morgan fingerprint density at radius 1 is 1.16 bits per heavy atom. The third-order valence-electron chi connectivity index (χ3n) is 3.70. The fraction of sp³-hybridized carbons (Fsp3) is 0.250. The zero-order chi connectivity index (χ0) is 18.7. The molecule has 0 aliphatic rings. The molecule has 132 valence electrons. The Bertz CT molecular complexity index is 971. The summed E-state index contributed by atoms with van der Waals surface area (Å²) in [6.07, 6.45) is 0.210. The number of aromatic nitrogens is 2. The molecule has 0 unspecified atom stereocenters. The molecule has 0 bridgehead atoms. The number of hydrogen-bond acceptors (Lipinski definition) is 6. The van der Waals surface area contributed by atoms with Gasteiger partial charge in [0, 0.05) is 14.1 Å². The molecule has 0 radical (unpaired) electrons. The van der Waals surface area contributed by atoms with Crippen molar-refractivity contribution in [2.24, 2.45) is 19.2 Å². The van der Waals surface area contributed by atoms with Crippen LogP contribution >= 0.6 is 0 Å². The number of carbonyl (C=O) groups excluding carboxylic acids is 1. The lowest BCUT2D eigenvalue weighted by Gasteiger charge is -2.11. The van der Waals surface area contributed by atoms with Crippen LogP contribution in [-0.2, 0) is 14.1 Å². The summed E-state index contributed by atoms with van der Waals surface area (Å²) in [5, 5.41) is 23.7. The molecular weight excluding hydrogens is 328 g/mol. The van der Waals surface area contributed by atoms with Crippen molar-refractivity contribution in [3.05, 3.63) is 56.2 Å². The van der Waals surface area contributed by atoms with Crippen LogP contribution in [0.1, 0.15) is 29.3 Å². The number of phenols is 1. The normalized spacial score (nSPS) is 11.4. The van der Waals surface area contributed by atoms with E-state index in [0.29, 0.717) is 0 Å². The molecule has 1 amide bonds. The van der Waals surface area contributed by atoms with Crippen molar-refractivity contribution in [1.29, 1.82) is 0 Å². The highest BCUT2D eigenvalue weighted by atomic mass is 16.3. The van der Waals surface area contributed by atoms with E-state index in [2.05, 4.69) is 10.5 Å². The third-order valence-corrected chi connectivity index (χ3v) is 3.70. The molecule has 0 aliphatic heterocycles. The molecule has 3 N–H and O–H groups in total. The van der Waals surface area contributed by atoms with Gasteiger partial charge in [-0.15, -0.1) is 0 Å². The van der Waals surface area contributed by atoms with Gasteiger partial charge in [-0.2, -0.15) is 5.10 Å². The first kappa shape index (κ1) is 18.0. The largest absolute Gasteiger partial charge is 0.507 e. The molecule has 0 saturated heterocycles. The van der Waals surface area contributed by atoms with Crippen LogP contribution < -0.4 is 16.7 Å². The fourth-order valence-electron chi connectivity index (χ4n) is 2.24. The smallest absolute Gasteiger partial charge is 0.333 e. The van der Waals surface area contributed by atoms with Crippen LogP contribution in [0.5, 0.6) is 11.6 Å². The number of benzene rings is 1. The van der Waals surface area contributed by atoms with E-state index < -0.39 is 23.0 Å². The molecule has 0 saturated carbocycles. The highest BCUT2D eigenvalue weighted by molar-refractivity contribution is 6.03. The summed E-state index contributed by atoms with van der Waals surface area (Å²) in [6.45, 7) is 1.68. The quantitative estimate of drug-likeness (QED) is 0.532. The van der Waals surface area contributed by atoms with Gasteiger partial charge in [-0.25, -0.2) is 10.2 Å². The number of phenolic OH excluding ortho intramolecular Hbond substituents is 1. The van der Waals surface area contributed by atoms with Crippen LogP contribution in [0, 0.1) is 0 Å². The van der Waals surface area contributed by atoms with Crippen LogP contribution in [0.25, 0.3) is 0 Å². The van der Waals surface area contributed by atoms with Gasteiger partial charge < -0.3 is 10.2 Å². The van der Waals surface area contributed by atoms with E-state index in [9.17, 15) is 24.6 Å². The average molecular weight is 346 g/mol.